The van der Waals surface area contributed by atoms with Gasteiger partial charge < -0.3 is 0 Å². The van der Waals surface area contributed by atoms with Crippen molar-refractivity contribution in [2.45, 2.75) is 0 Å². The molecule has 0 saturated heterocycles. The molecule has 1 aliphatic rings. The predicted octanol–water partition coefficient (Wildman–Crippen LogP) is 4.43. The Kier molecular flexibility index (Phi) is 1.73. The molecule has 20 heavy (non-hydrogen) atoms. The lowest BCUT2D eigenvalue weighted by molar-refractivity contribution is 1.26. The molecule has 0 atom stereocenters. The summed E-state index contributed by atoms with van der Waals surface area (Å²) in [5, 5.41) is 2.51. The van der Waals surface area contributed by atoms with Gasteiger partial charge >= 0.3 is 0 Å². The van der Waals surface area contributed by atoms with Crippen LogP contribution in [0.2, 0.25) is 0 Å². The van der Waals surface area contributed by atoms with Crippen molar-refractivity contribution in [2.24, 2.45) is 0 Å². The highest BCUT2D eigenvalue weighted by molar-refractivity contribution is 6.06. The van der Waals surface area contributed by atoms with E-state index in [0.717, 1.165) is 22.4 Å². The standard InChI is InChI=1S/C18H10N2/c1-2-6-12-10-14-13(9-11(12)5-1)17-18(14)20-16-8-4-3-7-15(16)19-17/h1-10H. The first-order chi connectivity index (χ1) is 9.90. The molecule has 1 aliphatic carbocycles. The van der Waals surface area contributed by atoms with E-state index in [0.29, 0.717) is 0 Å². The molecule has 0 spiro atoms. The molecule has 0 bridgehead atoms. The summed E-state index contributed by atoms with van der Waals surface area (Å²) in [7, 11) is 0. The summed E-state index contributed by atoms with van der Waals surface area (Å²) >= 11 is 0. The number of para-hydroxylation sites is 2. The summed E-state index contributed by atoms with van der Waals surface area (Å²) < 4.78 is 0. The second kappa shape index (κ2) is 3.42. The monoisotopic (exact) mass is 254 g/mol. The molecule has 0 radical (unpaired) electrons. The Balaban J connectivity index is 1.85. The third-order valence-corrected chi connectivity index (χ3v) is 3.97. The van der Waals surface area contributed by atoms with Crippen molar-refractivity contribution in [3.8, 4) is 22.5 Å². The first kappa shape index (κ1) is 10.1. The molecule has 2 nitrogen and oxygen atoms in total. The van der Waals surface area contributed by atoms with Crippen LogP contribution in [0.15, 0.2) is 60.7 Å². The molecule has 4 aromatic rings. The molecule has 0 aliphatic heterocycles. The number of nitrogens with zero attached hydrogens (tertiary/aromatic N) is 2. The summed E-state index contributed by atoms with van der Waals surface area (Å²) in [6.07, 6.45) is 0. The van der Waals surface area contributed by atoms with E-state index in [9.17, 15) is 0 Å². The topological polar surface area (TPSA) is 25.8 Å². The number of aromatic nitrogens is 2. The van der Waals surface area contributed by atoms with Crippen molar-refractivity contribution < 1.29 is 0 Å². The zero-order valence-electron chi connectivity index (χ0n) is 10.7. The third-order valence-electron chi connectivity index (χ3n) is 3.97. The molecule has 0 amide bonds. The van der Waals surface area contributed by atoms with Crippen LogP contribution >= 0.6 is 0 Å². The Hall–Kier alpha value is -2.74. The molecule has 0 fully saturated rings. The van der Waals surface area contributed by atoms with Gasteiger partial charge in [0, 0.05) is 11.1 Å². The van der Waals surface area contributed by atoms with Gasteiger partial charge in [-0.05, 0) is 35.0 Å². The molecule has 3 aromatic carbocycles. The van der Waals surface area contributed by atoms with Crippen LogP contribution in [0, 0.1) is 0 Å². The van der Waals surface area contributed by atoms with Crippen LogP contribution in [0.5, 0.6) is 0 Å². The lowest BCUT2D eigenvalue weighted by Crippen LogP contribution is -2.05. The Morgan fingerprint density at radius 1 is 0.550 bits per heavy atom. The van der Waals surface area contributed by atoms with Gasteiger partial charge in [-0.1, -0.05) is 36.4 Å². The molecule has 92 valence electrons. The quantitative estimate of drug-likeness (QED) is 0.408. The lowest BCUT2D eigenvalue weighted by Gasteiger charge is -2.22. The highest BCUT2D eigenvalue weighted by Crippen LogP contribution is 2.46. The van der Waals surface area contributed by atoms with Gasteiger partial charge in [-0.25, -0.2) is 9.97 Å². The van der Waals surface area contributed by atoms with E-state index in [1.807, 2.05) is 24.3 Å². The molecular weight excluding hydrogens is 244 g/mol. The van der Waals surface area contributed by atoms with Crippen molar-refractivity contribution in [3.05, 3.63) is 60.7 Å². The van der Waals surface area contributed by atoms with Crippen LogP contribution in [0.1, 0.15) is 0 Å². The minimum atomic E-state index is 0.963. The van der Waals surface area contributed by atoms with Crippen LogP contribution in [0.3, 0.4) is 0 Å². The minimum absolute atomic E-state index is 0.963. The highest BCUT2D eigenvalue weighted by Gasteiger charge is 2.26. The maximum atomic E-state index is 4.75. The van der Waals surface area contributed by atoms with Gasteiger partial charge in [0.2, 0.25) is 0 Å². The maximum absolute atomic E-state index is 4.75. The van der Waals surface area contributed by atoms with E-state index in [4.69, 9.17) is 9.97 Å². The number of fused-ring (bicyclic) bond motifs is 6. The van der Waals surface area contributed by atoms with Crippen LogP contribution in [-0.4, -0.2) is 9.97 Å². The average molecular weight is 254 g/mol. The first-order valence-electron chi connectivity index (χ1n) is 6.70. The summed E-state index contributed by atoms with van der Waals surface area (Å²) in [4.78, 5) is 9.50. The molecule has 0 N–H and O–H groups in total. The highest BCUT2D eigenvalue weighted by atomic mass is 14.9. The average Bonchev–Trinajstić information content (AvgIpc) is 2.52. The Labute approximate surface area is 115 Å². The van der Waals surface area contributed by atoms with Crippen molar-refractivity contribution >= 4 is 21.8 Å². The van der Waals surface area contributed by atoms with Crippen molar-refractivity contribution in [2.75, 3.05) is 0 Å². The van der Waals surface area contributed by atoms with Crippen molar-refractivity contribution in [1.29, 1.82) is 0 Å². The van der Waals surface area contributed by atoms with Gasteiger partial charge in [-0.3, -0.25) is 0 Å². The van der Waals surface area contributed by atoms with E-state index in [2.05, 4.69) is 36.4 Å². The molecule has 5 rings (SSSR count). The molecule has 0 saturated carbocycles. The van der Waals surface area contributed by atoms with Gasteiger partial charge in [0.25, 0.3) is 0 Å². The number of benzene rings is 3. The van der Waals surface area contributed by atoms with Crippen LogP contribution in [0.25, 0.3) is 44.3 Å². The number of hydrogen-bond acceptors (Lipinski definition) is 2. The van der Waals surface area contributed by atoms with Crippen LogP contribution < -0.4 is 0 Å². The second-order valence-corrected chi connectivity index (χ2v) is 5.15. The van der Waals surface area contributed by atoms with E-state index < -0.39 is 0 Å². The summed E-state index contributed by atoms with van der Waals surface area (Å²) in [6, 6.07) is 20.9. The zero-order valence-corrected chi connectivity index (χ0v) is 10.7. The van der Waals surface area contributed by atoms with Gasteiger partial charge in [0.1, 0.15) is 0 Å². The minimum Gasteiger partial charge on any atom is -0.244 e. The Morgan fingerprint density at radius 3 is 1.50 bits per heavy atom. The maximum Gasteiger partial charge on any atom is 0.0980 e. The fraction of sp³-hybridized carbons (Fsp3) is 0. The predicted molar refractivity (Wildman–Crippen MR) is 81.5 cm³/mol. The van der Waals surface area contributed by atoms with Crippen molar-refractivity contribution in [1.82, 2.24) is 9.97 Å². The largest absolute Gasteiger partial charge is 0.244 e. The third kappa shape index (κ3) is 1.18. The number of hydrogen-bond donors (Lipinski definition) is 0. The SMILES string of the molecule is c1ccc2cc3c(cc2c1)-c1nc2ccccc2nc1-3. The fourth-order valence-corrected chi connectivity index (χ4v) is 2.95. The zero-order chi connectivity index (χ0) is 13.1. The molecule has 1 heterocycles. The molecule has 1 aromatic heterocycles. The smallest absolute Gasteiger partial charge is 0.0980 e. The van der Waals surface area contributed by atoms with Gasteiger partial charge in [-0.15, -0.1) is 0 Å². The Morgan fingerprint density at radius 2 is 1.00 bits per heavy atom. The van der Waals surface area contributed by atoms with E-state index in [1.54, 1.807) is 0 Å². The van der Waals surface area contributed by atoms with E-state index >= 15 is 0 Å². The lowest BCUT2D eigenvalue weighted by atomic mass is 9.86. The molecule has 2 heteroatoms. The van der Waals surface area contributed by atoms with Crippen LogP contribution in [0.4, 0.5) is 0 Å². The summed E-state index contributed by atoms with van der Waals surface area (Å²) in [5.41, 5.74) is 6.43. The van der Waals surface area contributed by atoms with E-state index in [-0.39, 0.29) is 0 Å². The molecular formula is C18H10N2. The molecule has 0 unspecified atom stereocenters. The fourth-order valence-electron chi connectivity index (χ4n) is 2.95. The van der Waals surface area contributed by atoms with Gasteiger partial charge in [0.05, 0.1) is 22.4 Å². The summed E-state index contributed by atoms with van der Waals surface area (Å²) in [5.74, 6) is 0. The second-order valence-electron chi connectivity index (χ2n) is 5.15. The Bertz CT molecular complexity index is 824. The van der Waals surface area contributed by atoms with Gasteiger partial charge in [0.15, 0.2) is 0 Å². The van der Waals surface area contributed by atoms with Crippen molar-refractivity contribution in [3.63, 3.8) is 0 Å². The number of rotatable bonds is 0. The summed E-state index contributed by atoms with van der Waals surface area (Å²) in [6.45, 7) is 0. The normalized spacial score (nSPS) is 12.0. The first-order valence-corrected chi connectivity index (χ1v) is 6.70. The van der Waals surface area contributed by atoms with Crippen LogP contribution in [-0.2, 0) is 0 Å². The van der Waals surface area contributed by atoms with E-state index in [1.165, 1.54) is 21.9 Å². The van der Waals surface area contributed by atoms with Gasteiger partial charge in [-0.2, -0.15) is 0 Å².